The number of aromatic amines is 1. The number of carboxylic acid groups (broad SMARTS) is 1. The van der Waals surface area contributed by atoms with Crippen molar-refractivity contribution in [1.82, 2.24) is 9.78 Å². The van der Waals surface area contributed by atoms with Crippen LogP contribution >= 0.6 is 0 Å². The first-order chi connectivity index (χ1) is 16.9. The second-order valence-electron chi connectivity index (χ2n) is 7.80. The second kappa shape index (κ2) is 10.0. The average Bonchev–Trinajstić information content (AvgIpc) is 3.23. The lowest BCUT2D eigenvalue weighted by atomic mass is 10.1. The fourth-order valence-corrected chi connectivity index (χ4v) is 3.68. The van der Waals surface area contributed by atoms with Gasteiger partial charge in [-0.2, -0.15) is 0 Å². The Morgan fingerprint density at radius 3 is 2.51 bits per heavy atom. The summed E-state index contributed by atoms with van der Waals surface area (Å²) in [7, 11) is 0. The van der Waals surface area contributed by atoms with Gasteiger partial charge in [-0.15, -0.1) is 0 Å². The Morgan fingerprint density at radius 1 is 1.11 bits per heavy atom. The molecule has 0 unspecified atom stereocenters. The van der Waals surface area contributed by atoms with Crippen LogP contribution in [0.5, 0.6) is 0 Å². The Balaban J connectivity index is 1.90. The molecular formula is C27H22N4O4. The number of rotatable bonds is 7. The van der Waals surface area contributed by atoms with Crippen molar-refractivity contribution < 1.29 is 15.0 Å². The number of aliphatic hydroxyl groups excluding tert-OH is 1. The number of carboxylic acids is 1. The van der Waals surface area contributed by atoms with Crippen LogP contribution in [-0.2, 0) is 13.0 Å². The molecule has 8 heteroatoms. The highest BCUT2D eigenvalue weighted by Crippen LogP contribution is 2.25. The Kier molecular flexibility index (Phi) is 6.71. The summed E-state index contributed by atoms with van der Waals surface area (Å²) in [4.78, 5) is 32.9. The van der Waals surface area contributed by atoms with E-state index in [1.807, 2.05) is 24.3 Å². The summed E-state index contributed by atoms with van der Waals surface area (Å²) in [5.74, 6) is -1.17. The van der Waals surface area contributed by atoms with Gasteiger partial charge in [0.2, 0.25) is 0 Å². The summed E-state index contributed by atoms with van der Waals surface area (Å²) < 4.78 is 1.33. The topological polar surface area (TPSA) is 112 Å². The van der Waals surface area contributed by atoms with Crippen molar-refractivity contribution in [2.24, 2.45) is 4.99 Å². The van der Waals surface area contributed by atoms with Gasteiger partial charge in [-0.05, 0) is 41.8 Å². The van der Waals surface area contributed by atoms with E-state index in [-0.39, 0.29) is 23.4 Å². The molecule has 0 amide bonds. The van der Waals surface area contributed by atoms with E-state index in [2.05, 4.69) is 21.9 Å². The monoisotopic (exact) mass is 466 g/mol. The molecule has 3 aromatic carbocycles. The predicted octanol–water partition coefficient (Wildman–Crippen LogP) is 4.89. The van der Waals surface area contributed by atoms with Gasteiger partial charge in [-0.3, -0.25) is 14.9 Å². The Labute approximate surface area is 201 Å². The second-order valence-corrected chi connectivity index (χ2v) is 7.80. The molecule has 0 radical (unpaired) electrons. The number of aliphatic hydroxyl groups is 1. The van der Waals surface area contributed by atoms with Crippen LogP contribution in [0.25, 0.3) is 21.8 Å². The van der Waals surface area contributed by atoms with Crippen LogP contribution in [0, 0.1) is 6.57 Å². The summed E-state index contributed by atoms with van der Waals surface area (Å²) in [5.41, 5.74) is 3.68. The zero-order valence-corrected chi connectivity index (χ0v) is 18.9. The standard InChI is InChI=1S/C27H22N4O4/c1-3-17-7-10-19(11-8-17)25-23(15-29-24-13-18(16-32)9-12-22(24)27(34)35)26(33)31(30-25)21-6-4-5-20(14-21)28-2/h4-15,30,32H,3,16H2,1H3,(H,34,35). The van der Waals surface area contributed by atoms with E-state index in [0.29, 0.717) is 22.6 Å². The van der Waals surface area contributed by atoms with Gasteiger partial charge < -0.3 is 10.2 Å². The lowest BCUT2D eigenvalue weighted by molar-refractivity contribution is 0.0697. The van der Waals surface area contributed by atoms with Gasteiger partial charge in [0.15, 0.2) is 5.69 Å². The van der Waals surface area contributed by atoms with Crippen molar-refractivity contribution in [2.75, 3.05) is 0 Å². The van der Waals surface area contributed by atoms with Crippen LogP contribution < -0.4 is 5.56 Å². The highest BCUT2D eigenvalue weighted by Gasteiger charge is 2.17. The molecule has 0 aliphatic carbocycles. The van der Waals surface area contributed by atoms with Crippen molar-refractivity contribution in [3.05, 3.63) is 111 Å². The molecule has 3 N–H and O–H groups in total. The molecule has 0 saturated heterocycles. The maximum atomic E-state index is 13.5. The number of aryl methyl sites for hydroxylation is 1. The highest BCUT2D eigenvalue weighted by atomic mass is 16.4. The van der Waals surface area contributed by atoms with E-state index in [4.69, 9.17) is 6.57 Å². The number of aliphatic imine (C=N–C) groups is 1. The molecule has 0 bridgehead atoms. The van der Waals surface area contributed by atoms with Gasteiger partial charge in [0.05, 0.1) is 41.4 Å². The molecule has 4 aromatic rings. The molecule has 0 aliphatic rings. The average molecular weight is 466 g/mol. The first-order valence-corrected chi connectivity index (χ1v) is 10.9. The molecule has 8 nitrogen and oxygen atoms in total. The van der Waals surface area contributed by atoms with Gasteiger partial charge >= 0.3 is 5.97 Å². The van der Waals surface area contributed by atoms with E-state index in [9.17, 15) is 19.8 Å². The van der Waals surface area contributed by atoms with Gasteiger partial charge in [-0.1, -0.05) is 49.4 Å². The van der Waals surface area contributed by atoms with Crippen LogP contribution in [0.1, 0.15) is 34.0 Å². The fourth-order valence-electron chi connectivity index (χ4n) is 3.68. The van der Waals surface area contributed by atoms with Crippen molar-refractivity contribution >= 4 is 23.6 Å². The third-order valence-corrected chi connectivity index (χ3v) is 5.60. The number of H-pyrrole nitrogens is 1. The Bertz CT molecular complexity index is 1520. The normalized spacial score (nSPS) is 11.0. The van der Waals surface area contributed by atoms with Crippen molar-refractivity contribution in [3.8, 4) is 16.9 Å². The van der Waals surface area contributed by atoms with E-state index in [1.54, 1.807) is 24.3 Å². The third kappa shape index (κ3) is 4.81. The molecule has 0 saturated carbocycles. The van der Waals surface area contributed by atoms with E-state index in [0.717, 1.165) is 17.5 Å². The van der Waals surface area contributed by atoms with Crippen molar-refractivity contribution in [3.63, 3.8) is 0 Å². The lowest BCUT2D eigenvalue weighted by Crippen LogP contribution is -2.17. The molecule has 0 fully saturated rings. The molecular weight excluding hydrogens is 444 g/mol. The number of carbonyl (C=O) groups is 1. The van der Waals surface area contributed by atoms with Gasteiger partial charge in [0.1, 0.15) is 0 Å². The maximum absolute atomic E-state index is 13.5. The molecule has 0 spiro atoms. The molecule has 174 valence electrons. The third-order valence-electron chi connectivity index (χ3n) is 5.60. The minimum atomic E-state index is -1.17. The SMILES string of the molecule is [C-]#[N+]c1cccc(-n2[nH]c(-c3ccc(CC)cc3)c(C=Nc3cc(CO)ccc3C(=O)O)c2=O)c1. The number of benzene rings is 3. The maximum Gasteiger partial charge on any atom is 0.337 e. The van der Waals surface area contributed by atoms with Crippen molar-refractivity contribution in [1.29, 1.82) is 0 Å². The smallest absolute Gasteiger partial charge is 0.337 e. The minimum Gasteiger partial charge on any atom is -0.478 e. The number of aromatic nitrogens is 2. The van der Waals surface area contributed by atoms with Crippen LogP contribution in [0.4, 0.5) is 11.4 Å². The Hall–Kier alpha value is -4.74. The lowest BCUT2D eigenvalue weighted by Gasteiger charge is -2.04. The van der Waals surface area contributed by atoms with Gasteiger partial charge in [0, 0.05) is 11.8 Å². The number of nitrogens with zero attached hydrogens (tertiary/aromatic N) is 3. The van der Waals surface area contributed by atoms with E-state index < -0.39 is 11.5 Å². The molecule has 0 atom stereocenters. The quantitative estimate of drug-likeness (QED) is 0.266. The molecule has 0 aliphatic heterocycles. The predicted molar refractivity (Wildman–Crippen MR) is 134 cm³/mol. The summed E-state index contributed by atoms with van der Waals surface area (Å²) in [5, 5.41) is 22.1. The van der Waals surface area contributed by atoms with Crippen LogP contribution in [0.3, 0.4) is 0 Å². The zero-order valence-electron chi connectivity index (χ0n) is 18.9. The first kappa shape index (κ1) is 23.4. The number of hydrogen-bond donors (Lipinski definition) is 3. The van der Waals surface area contributed by atoms with Crippen LogP contribution in [-0.4, -0.2) is 32.2 Å². The van der Waals surface area contributed by atoms with Gasteiger partial charge in [0.25, 0.3) is 5.56 Å². The summed E-state index contributed by atoms with van der Waals surface area (Å²) in [6, 6.07) is 18.8. The zero-order chi connectivity index (χ0) is 24.9. The molecule has 35 heavy (non-hydrogen) atoms. The highest BCUT2D eigenvalue weighted by molar-refractivity contribution is 5.96. The van der Waals surface area contributed by atoms with Crippen LogP contribution in [0.15, 0.2) is 76.5 Å². The summed E-state index contributed by atoms with van der Waals surface area (Å²) in [6.07, 6.45) is 2.20. The van der Waals surface area contributed by atoms with Crippen LogP contribution in [0.2, 0.25) is 0 Å². The summed E-state index contributed by atoms with van der Waals surface area (Å²) >= 11 is 0. The molecule has 1 heterocycles. The minimum absolute atomic E-state index is 0.0482. The van der Waals surface area contributed by atoms with E-state index in [1.165, 1.54) is 29.1 Å². The number of hydrogen-bond acceptors (Lipinski definition) is 4. The van der Waals surface area contributed by atoms with Gasteiger partial charge in [-0.25, -0.2) is 14.3 Å². The van der Waals surface area contributed by atoms with Crippen molar-refractivity contribution in [2.45, 2.75) is 20.0 Å². The molecule has 4 rings (SSSR count). The number of aromatic carboxylic acids is 1. The first-order valence-electron chi connectivity index (χ1n) is 10.9. The van der Waals surface area contributed by atoms with E-state index >= 15 is 0 Å². The largest absolute Gasteiger partial charge is 0.478 e. The Morgan fingerprint density at radius 2 is 1.86 bits per heavy atom. The molecule has 1 aromatic heterocycles. The summed E-state index contributed by atoms with van der Waals surface area (Å²) in [6.45, 7) is 9.05. The number of nitrogens with one attached hydrogen (secondary N) is 1. The fraction of sp³-hybridized carbons (Fsp3) is 0.111.